The lowest BCUT2D eigenvalue weighted by molar-refractivity contribution is -0.152. The smallest absolute Gasteiger partial charge is 0.418 e. The molecule has 0 bridgehead atoms. The van der Waals surface area contributed by atoms with Crippen molar-refractivity contribution in [3.8, 4) is 0 Å². The number of carbonyl (C=O) groups excluding carboxylic acids is 2. The van der Waals surface area contributed by atoms with Crippen molar-refractivity contribution < 1.29 is 41.0 Å². The summed E-state index contributed by atoms with van der Waals surface area (Å²) < 4.78 is 85.3. The van der Waals surface area contributed by atoms with Crippen LogP contribution in [-0.4, -0.2) is 47.4 Å². The fourth-order valence-electron chi connectivity index (χ4n) is 5.55. The number of rotatable bonds is 10. The van der Waals surface area contributed by atoms with Crippen molar-refractivity contribution in [1.29, 1.82) is 0 Å². The van der Waals surface area contributed by atoms with Crippen LogP contribution in [0.4, 0.5) is 22.0 Å². The van der Waals surface area contributed by atoms with Crippen LogP contribution in [0.1, 0.15) is 60.4 Å². The lowest BCUT2D eigenvalue weighted by Crippen LogP contribution is -2.59. The lowest BCUT2D eigenvalue weighted by atomic mass is 9.65. The predicted octanol–water partition coefficient (Wildman–Crippen LogP) is 6.12. The van der Waals surface area contributed by atoms with E-state index in [1.165, 1.54) is 6.92 Å². The molecular formula is C28H33ClF5N3O4. The van der Waals surface area contributed by atoms with E-state index in [0.29, 0.717) is 25.5 Å². The van der Waals surface area contributed by atoms with Crippen LogP contribution in [0, 0.1) is 32.5 Å². The molecule has 0 aliphatic carbocycles. The fourth-order valence-corrected chi connectivity index (χ4v) is 5.82. The molecule has 41 heavy (non-hydrogen) atoms. The summed E-state index contributed by atoms with van der Waals surface area (Å²) in [6.07, 6.45) is -3.39. The zero-order valence-corrected chi connectivity index (χ0v) is 24.2. The number of ether oxygens (including phenoxy) is 2. The van der Waals surface area contributed by atoms with E-state index in [1.54, 1.807) is 0 Å². The number of halogens is 6. The number of nitrogens with one attached hydrogen (secondary N) is 1. The van der Waals surface area contributed by atoms with Gasteiger partial charge in [-0.2, -0.15) is 13.2 Å². The first-order valence-corrected chi connectivity index (χ1v) is 13.5. The topological polar surface area (TPSA) is 82.5 Å². The number of aryl methyl sites for hydroxylation is 2. The Bertz CT molecular complexity index is 1330. The summed E-state index contributed by atoms with van der Waals surface area (Å²) in [5, 5.41) is 1.92. The molecule has 2 heterocycles. The third-order valence-electron chi connectivity index (χ3n) is 7.62. The van der Waals surface area contributed by atoms with Gasteiger partial charge in [0.2, 0.25) is 0 Å². The van der Waals surface area contributed by atoms with Gasteiger partial charge in [-0.15, -0.1) is 0 Å². The van der Waals surface area contributed by atoms with Gasteiger partial charge in [0.05, 0.1) is 47.0 Å². The monoisotopic (exact) mass is 605 g/mol. The van der Waals surface area contributed by atoms with Gasteiger partial charge in [0.25, 0.3) is 0 Å². The fraction of sp³-hybridized carbons (Fsp3) is 0.536. The summed E-state index contributed by atoms with van der Waals surface area (Å²) in [7, 11) is 0.983. The average Bonchev–Trinajstić information content (AvgIpc) is 3.16. The van der Waals surface area contributed by atoms with E-state index in [-0.39, 0.29) is 13.0 Å². The van der Waals surface area contributed by atoms with E-state index in [4.69, 9.17) is 21.1 Å². The molecule has 13 heteroatoms. The third-order valence-corrected chi connectivity index (χ3v) is 7.94. The Labute approximate surface area is 240 Å². The number of methoxy groups -OCH3 is 1. The number of alkyl halides is 4. The van der Waals surface area contributed by atoms with Crippen molar-refractivity contribution in [2.45, 2.75) is 71.1 Å². The zero-order chi connectivity index (χ0) is 30.7. The van der Waals surface area contributed by atoms with E-state index in [0.717, 1.165) is 36.6 Å². The number of hydrogen-bond donors (Lipinski definition) is 1. The summed E-state index contributed by atoms with van der Waals surface area (Å²) >= 11 is 5.91. The highest BCUT2D eigenvalue weighted by Crippen LogP contribution is 2.50. The van der Waals surface area contributed by atoms with E-state index >= 15 is 8.78 Å². The molecule has 0 radical (unpaired) electrons. The molecule has 1 aliphatic heterocycles. The molecule has 3 atom stereocenters. The van der Waals surface area contributed by atoms with Gasteiger partial charge in [-0.25, -0.2) is 18.6 Å². The number of aromatic nitrogens is 2. The molecule has 2 aromatic rings. The van der Waals surface area contributed by atoms with Gasteiger partial charge < -0.3 is 19.4 Å². The van der Waals surface area contributed by atoms with Crippen molar-refractivity contribution in [2.75, 3.05) is 20.4 Å². The van der Waals surface area contributed by atoms with Gasteiger partial charge >= 0.3 is 18.1 Å². The maximum Gasteiger partial charge on any atom is 0.418 e. The van der Waals surface area contributed by atoms with Crippen LogP contribution >= 0.6 is 11.6 Å². The Morgan fingerprint density at radius 1 is 1.20 bits per heavy atom. The standard InChI is InChI=1S/C28H33ClF5N3O4/c1-6-41-25(38)18-13-35-27(14-30,11-7-8-12-37-16(3)15(2)36-17(37)4)24(26(39)40-5)21(18)22-20(31)10-9-19(29)23(22)28(32,33)34/h9-10,13,21,24,35H,6-8,11-12,14H2,1-5H3. The summed E-state index contributed by atoms with van der Waals surface area (Å²) in [6.45, 7) is 6.25. The van der Waals surface area contributed by atoms with Crippen LogP contribution in [0.3, 0.4) is 0 Å². The molecule has 0 fully saturated rings. The molecule has 0 saturated heterocycles. The molecule has 7 nitrogen and oxygen atoms in total. The van der Waals surface area contributed by atoms with Gasteiger partial charge in [0.1, 0.15) is 18.3 Å². The third kappa shape index (κ3) is 6.37. The Hall–Kier alpha value is -3.15. The minimum absolute atomic E-state index is 0.0539. The highest BCUT2D eigenvalue weighted by Gasteiger charge is 2.55. The van der Waals surface area contributed by atoms with Gasteiger partial charge in [0, 0.05) is 29.9 Å². The number of carbonyl (C=O) groups is 2. The van der Waals surface area contributed by atoms with Crippen molar-refractivity contribution in [1.82, 2.24) is 14.9 Å². The normalized spacial score (nSPS) is 20.8. The zero-order valence-electron chi connectivity index (χ0n) is 23.4. The minimum atomic E-state index is -5.17. The minimum Gasteiger partial charge on any atom is -0.469 e. The Balaban J connectivity index is 2.14. The summed E-state index contributed by atoms with van der Waals surface area (Å²) in [4.78, 5) is 30.7. The lowest BCUT2D eigenvalue weighted by Gasteiger charge is -2.46. The van der Waals surface area contributed by atoms with E-state index in [9.17, 15) is 22.8 Å². The highest BCUT2D eigenvalue weighted by molar-refractivity contribution is 6.31. The van der Waals surface area contributed by atoms with Crippen molar-refractivity contribution >= 4 is 23.5 Å². The van der Waals surface area contributed by atoms with Crippen LogP contribution in [-0.2, 0) is 31.8 Å². The van der Waals surface area contributed by atoms with E-state index in [2.05, 4.69) is 10.3 Å². The summed E-state index contributed by atoms with van der Waals surface area (Å²) in [6, 6.07) is 1.44. The number of benzene rings is 1. The first-order chi connectivity index (χ1) is 19.2. The second-order valence-electron chi connectivity index (χ2n) is 9.99. The molecule has 1 aromatic heterocycles. The summed E-state index contributed by atoms with van der Waals surface area (Å²) in [5.41, 5.74) is -3.11. The van der Waals surface area contributed by atoms with Crippen LogP contribution in [0.15, 0.2) is 23.9 Å². The van der Waals surface area contributed by atoms with E-state index in [1.807, 2.05) is 25.3 Å². The first kappa shape index (κ1) is 32.4. The molecule has 0 amide bonds. The molecule has 3 unspecified atom stereocenters. The molecule has 226 valence electrons. The number of hydrogen-bond acceptors (Lipinski definition) is 6. The largest absolute Gasteiger partial charge is 0.469 e. The first-order valence-electron chi connectivity index (χ1n) is 13.1. The van der Waals surface area contributed by atoms with Crippen LogP contribution in [0.5, 0.6) is 0 Å². The van der Waals surface area contributed by atoms with Crippen LogP contribution in [0.25, 0.3) is 0 Å². The van der Waals surface area contributed by atoms with Crippen molar-refractivity contribution in [2.24, 2.45) is 5.92 Å². The Morgan fingerprint density at radius 2 is 1.88 bits per heavy atom. The van der Waals surface area contributed by atoms with Crippen LogP contribution in [0.2, 0.25) is 5.02 Å². The maximum atomic E-state index is 15.4. The molecule has 1 aromatic carbocycles. The Kier molecular flexibility index (Phi) is 10.1. The number of unbranched alkanes of at least 4 members (excludes halogenated alkanes) is 1. The molecular weight excluding hydrogens is 573 g/mol. The predicted molar refractivity (Wildman–Crippen MR) is 142 cm³/mol. The average molecular weight is 606 g/mol. The summed E-state index contributed by atoms with van der Waals surface area (Å²) in [5.74, 6) is -6.50. The second kappa shape index (κ2) is 12.8. The SMILES string of the molecule is CCOC(=O)C1=CNC(CF)(CCCCn2c(C)nc(C)c2C)C(C(=O)OC)C1c1c(F)ccc(Cl)c1C(F)(F)F. The molecule has 0 spiro atoms. The van der Waals surface area contributed by atoms with E-state index < -0.39 is 69.7 Å². The second-order valence-corrected chi connectivity index (χ2v) is 10.4. The number of nitrogens with zero attached hydrogens (tertiary/aromatic N) is 2. The van der Waals surface area contributed by atoms with Crippen molar-refractivity contribution in [3.05, 3.63) is 63.1 Å². The molecule has 1 N–H and O–H groups in total. The van der Waals surface area contributed by atoms with Gasteiger partial charge in [-0.1, -0.05) is 11.6 Å². The highest BCUT2D eigenvalue weighted by atomic mass is 35.5. The molecule has 1 aliphatic rings. The van der Waals surface area contributed by atoms with Gasteiger partial charge in [-0.3, -0.25) is 4.79 Å². The van der Waals surface area contributed by atoms with Gasteiger partial charge in [-0.05, 0) is 59.1 Å². The van der Waals surface area contributed by atoms with Crippen molar-refractivity contribution in [3.63, 3.8) is 0 Å². The molecule has 0 saturated carbocycles. The van der Waals surface area contributed by atoms with Crippen LogP contribution < -0.4 is 5.32 Å². The maximum absolute atomic E-state index is 15.4. The van der Waals surface area contributed by atoms with Gasteiger partial charge in [0.15, 0.2) is 0 Å². The number of imidazole rings is 1. The quantitative estimate of drug-likeness (QED) is 0.200. The Morgan fingerprint density at radius 3 is 2.41 bits per heavy atom. The molecule has 3 rings (SSSR count). The number of esters is 2.